The van der Waals surface area contributed by atoms with Gasteiger partial charge in [0.05, 0.1) is 24.9 Å². The van der Waals surface area contributed by atoms with Crippen LogP contribution in [0, 0.1) is 0 Å². The van der Waals surface area contributed by atoms with Gasteiger partial charge in [0.1, 0.15) is 0 Å². The molecule has 0 aliphatic rings. The van der Waals surface area contributed by atoms with Gasteiger partial charge in [0.25, 0.3) is 0 Å². The van der Waals surface area contributed by atoms with Crippen LogP contribution >= 0.6 is 61.1 Å². The fourth-order valence-electron chi connectivity index (χ4n) is 2.31. The molecule has 0 rings (SSSR count). The molecule has 206 valence electrons. The summed E-state index contributed by atoms with van der Waals surface area (Å²) >= 11 is 26.3. The van der Waals surface area contributed by atoms with E-state index in [1.807, 2.05) is 41.5 Å². The van der Waals surface area contributed by atoms with Crippen molar-refractivity contribution < 1.29 is 0 Å². The van der Waals surface area contributed by atoms with Crippen LogP contribution in [0.1, 0.15) is 48.0 Å². The van der Waals surface area contributed by atoms with Crippen molar-refractivity contribution in [1.82, 2.24) is 47.9 Å². The molecule has 0 aliphatic heterocycles. The monoisotopic (exact) mass is 594 g/mol. The van der Waals surface area contributed by atoms with Crippen molar-refractivity contribution in [2.24, 2.45) is 5.73 Å². The Labute approximate surface area is 242 Å². The molecule has 15 heteroatoms. The minimum absolute atomic E-state index is 0.0986. The fraction of sp³-hybridized carbons (Fsp3) is 0.667. The van der Waals surface area contributed by atoms with Gasteiger partial charge >= 0.3 is 0 Å². The largest absolute Gasteiger partial charge is 0.405 e. The molecule has 0 amide bonds. The Morgan fingerprint density at radius 1 is 0.611 bits per heavy atom. The van der Waals surface area contributed by atoms with Crippen molar-refractivity contribution in [3.8, 4) is 0 Å². The molecule has 0 radical (unpaired) electrons. The minimum atomic E-state index is -0.107. The first-order chi connectivity index (χ1) is 16.6. The first-order valence-electron chi connectivity index (χ1n) is 11.4. The molecule has 0 aromatic heterocycles. The average Bonchev–Trinajstić information content (AvgIpc) is 2.72. The lowest BCUT2D eigenvalue weighted by Gasteiger charge is -2.23. The van der Waals surface area contributed by atoms with Crippen molar-refractivity contribution in [2.45, 2.75) is 59.0 Å². The lowest BCUT2D eigenvalue weighted by Crippen LogP contribution is -2.50. The third-order valence-corrected chi connectivity index (χ3v) is 5.22. The second-order valence-corrected chi connectivity index (χ2v) is 11.9. The van der Waals surface area contributed by atoms with Gasteiger partial charge in [-0.1, -0.05) is 12.2 Å². The summed E-state index contributed by atoms with van der Waals surface area (Å²) in [5.74, 6) is 0. The van der Waals surface area contributed by atoms with Gasteiger partial charge in [-0.3, -0.25) is 0 Å². The molecular formula is C21H42N10S5. The Bertz CT molecular complexity index is 787. The molecule has 10 nitrogen and oxygen atoms in total. The summed E-state index contributed by atoms with van der Waals surface area (Å²) in [7, 11) is 0. The molecule has 0 atom stereocenters. The average molecular weight is 595 g/mol. The number of rotatable bonds is 11. The Morgan fingerprint density at radius 3 is 1.58 bits per heavy atom. The molecule has 11 N–H and O–H groups in total. The van der Waals surface area contributed by atoms with E-state index in [9.17, 15) is 0 Å². The quantitative estimate of drug-likeness (QED) is 0.120. The number of thiocarbonyl (C=S) groups is 5. The topological polar surface area (TPSA) is 134 Å². The van der Waals surface area contributed by atoms with Crippen molar-refractivity contribution >= 4 is 86.5 Å². The molecule has 0 saturated heterocycles. The molecule has 0 spiro atoms. The van der Waals surface area contributed by atoms with Gasteiger partial charge in [-0.2, -0.15) is 0 Å². The highest BCUT2D eigenvalue weighted by molar-refractivity contribution is 7.81. The van der Waals surface area contributed by atoms with E-state index >= 15 is 0 Å². The van der Waals surface area contributed by atoms with Gasteiger partial charge in [0.15, 0.2) is 20.4 Å². The zero-order valence-corrected chi connectivity index (χ0v) is 26.0. The SMILES string of the molecule is CC(C)(C)NC(=S)NCNC(=S)NCC/C(=C/N)CNC(=S)NCNC(=S)CNC(=S)NC(C)(C)C. The van der Waals surface area contributed by atoms with Gasteiger partial charge in [-0.05, 0) is 109 Å². The zero-order valence-electron chi connectivity index (χ0n) is 21.9. The fourth-order valence-corrected chi connectivity index (χ4v) is 3.53. The first-order valence-corrected chi connectivity index (χ1v) is 13.5. The number of hydrogen-bond acceptors (Lipinski definition) is 6. The third kappa shape index (κ3) is 21.5. The zero-order chi connectivity index (χ0) is 27.8. The van der Waals surface area contributed by atoms with Gasteiger partial charge in [-0.25, -0.2) is 0 Å². The van der Waals surface area contributed by atoms with Crippen molar-refractivity contribution in [2.75, 3.05) is 33.0 Å². The summed E-state index contributed by atoms with van der Waals surface area (Å²) in [4.78, 5) is 0.615. The van der Waals surface area contributed by atoms with Crippen LogP contribution in [-0.2, 0) is 0 Å². The first kappa shape index (κ1) is 34.2. The molecule has 0 aliphatic carbocycles. The Kier molecular flexibility index (Phi) is 16.7. The van der Waals surface area contributed by atoms with Crippen LogP contribution in [0.25, 0.3) is 0 Å². The summed E-state index contributed by atoms with van der Waals surface area (Å²) in [6, 6.07) is 0. The van der Waals surface area contributed by atoms with Gasteiger partial charge in [-0.15, -0.1) is 0 Å². The van der Waals surface area contributed by atoms with E-state index in [0.29, 0.717) is 64.8 Å². The van der Waals surface area contributed by atoms with Crippen LogP contribution < -0.4 is 53.6 Å². The van der Waals surface area contributed by atoms with Crippen molar-refractivity contribution in [1.29, 1.82) is 0 Å². The second kappa shape index (κ2) is 17.6. The highest BCUT2D eigenvalue weighted by Gasteiger charge is 2.11. The van der Waals surface area contributed by atoms with Crippen LogP contribution in [0.5, 0.6) is 0 Å². The molecule has 0 heterocycles. The summed E-state index contributed by atoms with van der Waals surface area (Å²) in [6.07, 6.45) is 2.27. The lowest BCUT2D eigenvalue weighted by molar-refractivity contribution is 0.506. The molecule has 0 fully saturated rings. The summed E-state index contributed by atoms with van der Waals surface area (Å²) in [6.45, 7) is 14.6. The predicted molar refractivity (Wildman–Crippen MR) is 172 cm³/mol. The number of nitrogens with two attached hydrogens (primary N) is 1. The van der Waals surface area contributed by atoms with E-state index < -0.39 is 0 Å². The predicted octanol–water partition coefficient (Wildman–Crippen LogP) is 0.505. The van der Waals surface area contributed by atoms with Crippen LogP contribution in [-0.4, -0.2) is 69.5 Å². The van der Waals surface area contributed by atoms with E-state index in [2.05, 4.69) is 47.9 Å². The van der Waals surface area contributed by atoms with E-state index in [1.165, 1.54) is 0 Å². The van der Waals surface area contributed by atoms with Gasteiger partial charge in [0, 0.05) is 24.2 Å². The molecular weight excluding hydrogens is 553 g/mol. The van der Waals surface area contributed by atoms with Crippen LogP contribution in [0.2, 0.25) is 0 Å². The maximum atomic E-state index is 5.75. The number of nitrogens with one attached hydrogen (secondary N) is 9. The van der Waals surface area contributed by atoms with Crippen LogP contribution in [0.3, 0.4) is 0 Å². The van der Waals surface area contributed by atoms with Crippen molar-refractivity contribution in [3.05, 3.63) is 11.8 Å². The molecule has 0 bridgehead atoms. The van der Waals surface area contributed by atoms with Gasteiger partial charge < -0.3 is 53.6 Å². The van der Waals surface area contributed by atoms with E-state index in [-0.39, 0.29) is 11.1 Å². The van der Waals surface area contributed by atoms with Gasteiger partial charge in [0.2, 0.25) is 0 Å². The van der Waals surface area contributed by atoms with Crippen molar-refractivity contribution in [3.63, 3.8) is 0 Å². The standard InChI is InChI=1S/C21H42N10S5/c1-20(2,3)30-18(35)25-11-15(32)26-12-27-17(34)24-10-14(9-22)7-8-23-16(33)28-13-29-19(36)31-21(4,5)6/h9H,7-8,10-13,22H2,1-6H3,(H,26,32)(H2,23,28,33)(H2,24,27,34)(H2,25,30,35)(H2,29,31,36)/b14-9-. The molecule has 0 unspecified atom stereocenters. The van der Waals surface area contributed by atoms with E-state index in [4.69, 9.17) is 66.8 Å². The van der Waals surface area contributed by atoms with Crippen LogP contribution in [0.4, 0.5) is 0 Å². The summed E-state index contributed by atoms with van der Waals surface area (Å²) < 4.78 is 0. The van der Waals surface area contributed by atoms with Crippen LogP contribution in [0.15, 0.2) is 11.8 Å². The maximum Gasteiger partial charge on any atom is 0.168 e. The normalized spacial score (nSPS) is 11.4. The minimum Gasteiger partial charge on any atom is -0.405 e. The summed E-state index contributed by atoms with van der Waals surface area (Å²) in [5, 5.41) is 30.0. The second-order valence-electron chi connectivity index (χ2n) is 9.76. The Hall–Kier alpha value is -1.81. The Balaban J connectivity index is 3.99. The lowest BCUT2D eigenvalue weighted by atomic mass is 10.1. The number of hydrogen-bond donors (Lipinski definition) is 10. The highest BCUT2D eigenvalue weighted by atomic mass is 32.1. The molecule has 0 aromatic rings. The summed E-state index contributed by atoms with van der Waals surface area (Å²) in [5.41, 5.74) is 6.53. The molecule has 0 saturated carbocycles. The maximum absolute atomic E-state index is 5.75. The molecule has 0 aromatic carbocycles. The van der Waals surface area contributed by atoms with E-state index in [1.54, 1.807) is 6.20 Å². The third-order valence-electron chi connectivity index (χ3n) is 3.86. The van der Waals surface area contributed by atoms with E-state index in [0.717, 1.165) is 5.57 Å². The molecule has 36 heavy (non-hydrogen) atoms. The Morgan fingerprint density at radius 2 is 1.06 bits per heavy atom. The smallest absolute Gasteiger partial charge is 0.168 e. The highest BCUT2D eigenvalue weighted by Crippen LogP contribution is 1.98.